The maximum atomic E-state index is 3.59. The van der Waals surface area contributed by atoms with Gasteiger partial charge in [0.15, 0.2) is 0 Å². The molecule has 0 heterocycles. The van der Waals surface area contributed by atoms with E-state index in [-0.39, 0.29) is 58.9 Å². The van der Waals surface area contributed by atoms with Crippen LogP contribution in [0.25, 0.3) is 0 Å². The topological polar surface area (TPSA) is 0 Å². The first-order chi connectivity index (χ1) is 7.40. The molecule has 4 heteroatoms. The fourth-order valence-corrected chi connectivity index (χ4v) is 5.08. The average Bonchev–Trinajstić information content (AvgIpc) is 2.69. The van der Waals surface area contributed by atoms with Gasteiger partial charge in [0.1, 0.15) is 0 Å². The van der Waals surface area contributed by atoms with Crippen LogP contribution in [0, 0.1) is 35.7 Å². The van der Waals surface area contributed by atoms with E-state index < -0.39 is 0 Å². The zero-order chi connectivity index (χ0) is 9.83. The first-order valence-electron chi connectivity index (χ1n) is 6.67. The smallest absolute Gasteiger partial charge is 0 e. The van der Waals surface area contributed by atoms with Gasteiger partial charge in [-0.3, -0.25) is 6.08 Å². The van der Waals surface area contributed by atoms with Gasteiger partial charge < -0.3 is 0 Å². The van der Waals surface area contributed by atoms with Crippen molar-refractivity contribution in [3.8, 4) is 0 Å². The van der Waals surface area contributed by atoms with E-state index in [1.165, 1.54) is 25.7 Å². The van der Waals surface area contributed by atoms with Crippen LogP contribution in [-0.4, -0.2) is 0 Å². The Morgan fingerprint density at radius 1 is 0.842 bits per heavy atom. The van der Waals surface area contributed by atoms with Gasteiger partial charge in [0.25, 0.3) is 0 Å². The molecular formula is C15H22Cl3Ti-. The van der Waals surface area contributed by atoms with Crippen LogP contribution in [0.4, 0.5) is 0 Å². The fourth-order valence-electron chi connectivity index (χ4n) is 5.08. The summed E-state index contributed by atoms with van der Waals surface area (Å²) in [4.78, 5) is 0. The maximum absolute atomic E-state index is 3.59. The first-order valence-corrected chi connectivity index (χ1v) is 6.67. The van der Waals surface area contributed by atoms with Crippen LogP contribution in [0.3, 0.4) is 0 Å². The summed E-state index contributed by atoms with van der Waals surface area (Å²) in [5.74, 6) is 5.19. The molecule has 0 saturated heterocycles. The van der Waals surface area contributed by atoms with Crippen LogP contribution in [0.15, 0.2) is 17.7 Å². The first kappa shape index (κ1) is 20.1. The van der Waals surface area contributed by atoms with E-state index in [0.717, 1.165) is 36.0 Å². The second-order valence-corrected chi connectivity index (χ2v) is 6.20. The normalized spacial score (nSPS) is 40.4. The molecule has 0 nitrogen and oxygen atoms in total. The Morgan fingerprint density at radius 3 is 1.79 bits per heavy atom. The molecule has 19 heavy (non-hydrogen) atoms. The predicted octanol–water partition coefficient (Wildman–Crippen LogP) is 5.01. The fraction of sp³-hybridized carbons (Fsp3) is 0.733. The third-order valence-corrected chi connectivity index (χ3v) is 5.31. The maximum Gasteiger partial charge on any atom is 0 e. The molecule has 108 valence electrons. The molecule has 4 fully saturated rings. The van der Waals surface area contributed by atoms with E-state index in [2.05, 4.69) is 18.2 Å². The van der Waals surface area contributed by atoms with Gasteiger partial charge in [-0.2, -0.15) is 6.08 Å². The van der Waals surface area contributed by atoms with Crippen molar-refractivity contribution in [1.82, 2.24) is 0 Å². The molecule has 0 aliphatic heterocycles. The molecule has 0 atom stereocenters. The van der Waals surface area contributed by atoms with Crippen LogP contribution in [0.5, 0.6) is 0 Å². The van der Waals surface area contributed by atoms with Crippen LogP contribution in [0.2, 0.25) is 0 Å². The molecule has 5 rings (SSSR count). The molecule has 5 aliphatic rings. The molecular weight excluding hydrogens is 334 g/mol. The van der Waals surface area contributed by atoms with Gasteiger partial charge >= 0.3 is 0 Å². The minimum Gasteiger partial charge on any atom is -0.269 e. The molecule has 0 N–H and O–H groups in total. The molecule has 0 aromatic heterocycles. The summed E-state index contributed by atoms with van der Waals surface area (Å²) in [5, 5.41) is 0. The van der Waals surface area contributed by atoms with Crippen molar-refractivity contribution in [3.05, 3.63) is 23.8 Å². The third kappa shape index (κ3) is 3.46. The second-order valence-electron chi connectivity index (χ2n) is 6.20. The summed E-state index contributed by atoms with van der Waals surface area (Å²) in [6.07, 6.45) is 17.1. The van der Waals surface area contributed by atoms with Gasteiger partial charge in [0, 0.05) is 21.7 Å². The summed E-state index contributed by atoms with van der Waals surface area (Å²) in [6, 6.07) is 0. The standard InChI is InChI=1S/C15H19.3ClH.Ti/c1-2-4-12(3-1)15-13-6-10-5-11(8-13)9-14(15)7-10;;;;/h1,3,10-11,13-15H,2,5-9H2;3*1H;/q-1;;;;. The largest absolute Gasteiger partial charge is 0.269 e. The zero-order valence-corrected chi connectivity index (χ0v) is 15.0. The van der Waals surface area contributed by atoms with Gasteiger partial charge in [-0.05, 0) is 61.7 Å². The van der Waals surface area contributed by atoms with E-state index >= 15 is 0 Å². The number of halogens is 3. The SMILES string of the molecule is Cl.Cl.Cl.[C-]1=C(C2C3CC4CC(C3)CC2C4)C=CC1.[Ti]. The Morgan fingerprint density at radius 2 is 1.37 bits per heavy atom. The zero-order valence-electron chi connectivity index (χ0n) is 11.0. The van der Waals surface area contributed by atoms with Crippen molar-refractivity contribution in [1.29, 1.82) is 0 Å². The van der Waals surface area contributed by atoms with Gasteiger partial charge in [0.05, 0.1) is 0 Å². The summed E-state index contributed by atoms with van der Waals surface area (Å²) < 4.78 is 0. The van der Waals surface area contributed by atoms with Gasteiger partial charge in [0.2, 0.25) is 0 Å². The Kier molecular flexibility index (Phi) is 8.34. The van der Waals surface area contributed by atoms with Gasteiger partial charge in [-0.25, -0.2) is 11.6 Å². The van der Waals surface area contributed by atoms with Crippen molar-refractivity contribution in [3.63, 3.8) is 0 Å². The number of allylic oxidation sites excluding steroid dienone is 4. The molecule has 4 bridgehead atoms. The molecule has 5 aliphatic carbocycles. The van der Waals surface area contributed by atoms with Gasteiger partial charge in [-0.1, -0.05) is 0 Å². The minimum atomic E-state index is 0. The second kappa shape index (κ2) is 7.90. The Bertz CT molecular complexity index is 323. The monoisotopic (exact) mass is 355 g/mol. The molecule has 0 amide bonds. The van der Waals surface area contributed by atoms with Gasteiger partial charge in [-0.15, -0.1) is 43.6 Å². The van der Waals surface area contributed by atoms with Crippen molar-refractivity contribution >= 4 is 37.2 Å². The molecule has 0 aromatic carbocycles. The molecule has 4 saturated carbocycles. The number of hydrogen-bond acceptors (Lipinski definition) is 0. The predicted molar refractivity (Wildman–Crippen MR) is 82.8 cm³/mol. The Balaban J connectivity index is 0.000000810. The molecule has 0 radical (unpaired) electrons. The summed E-state index contributed by atoms with van der Waals surface area (Å²) >= 11 is 0. The van der Waals surface area contributed by atoms with Crippen LogP contribution in [-0.2, 0) is 21.7 Å². The average molecular weight is 357 g/mol. The quantitative estimate of drug-likeness (QED) is 0.457. The Labute approximate surface area is 150 Å². The minimum absolute atomic E-state index is 0. The van der Waals surface area contributed by atoms with Crippen molar-refractivity contribution in [2.75, 3.05) is 0 Å². The van der Waals surface area contributed by atoms with Crippen molar-refractivity contribution < 1.29 is 21.7 Å². The molecule has 0 unspecified atom stereocenters. The molecule has 0 spiro atoms. The van der Waals surface area contributed by atoms with E-state index in [1.807, 2.05) is 0 Å². The third-order valence-electron chi connectivity index (χ3n) is 5.31. The van der Waals surface area contributed by atoms with E-state index in [0.29, 0.717) is 0 Å². The number of rotatable bonds is 1. The van der Waals surface area contributed by atoms with Crippen molar-refractivity contribution in [2.45, 2.75) is 38.5 Å². The van der Waals surface area contributed by atoms with E-state index in [1.54, 1.807) is 12.0 Å². The summed E-state index contributed by atoms with van der Waals surface area (Å²) in [5.41, 5.74) is 1.59. The van der Waals surface area contributed by atoms with Crippen LogP contribution >= 0.6 is 37.2 Å². The Hall–Kier alpha value is 1.06. The van der Waals surface area contributed by atoms with E-state index in [4.69, 9.17) is 0 Å². The summed E-state index contributed by atoms with van der Waals surface area (Å²) in [6.45, 7) is 0. The number of hydrogen-bond donors (Lipinski definition) is 0. The van der Waals surface area contributed by atoms with Crippen LogP contribution in [0.1, 0.15) is 38.5 Å². The van der Waals surface area contributed by atoms with E-state index in [9.17, 15) is 0 Å². The molecule has 0 aromatic rings. The summed E-state index contributed by atoms with van der Waals surface area (Å²) in [7, 11) is 0. The van der Waals surface area contributed by atoms with Crippen molar-refractivity contribution in [2.24, 2.45) is 29.6 Å². The van der Waals surface area contributed by atoms with Crippen LogP contribution < -0.4 is 0 Å².